The number of nitrogens with zero attached hydrogens (tertiary/aromatic N) is 5. The Morgan fingerprint density at radius 1 is 1.06 bits per heavy atom. The third-order valence-electron chi connectivity index (χ3n) is 5.64. The molecule has 0 aliphatic carbocycles. The number of carbonyl (C=O) groups is 2. The van der Waals surface area contributed by atoms with Crippen molar-refractivity contribution in [3.05, 3.63) is 72.1 Å². The number of hydrogen-bond donors (Lipinski definition) is 0. The van der Waals surface area contributed by atoms with Crippen molar-refractivity contribution in [2.24, 2.45) is 5.92 Å². The Labute approximate surface area is 180 Å². The predicted octanol–water partition coefficient (Wildman–Crippen LogP) is 2.69. The van der Waals surface area contributed by atoms with Gasteiger partial charge in [-0.3, -0.25) is 4.79 Å². The van der Waals surface area contributed by atoms with Gasteiger partial charge in [0, 0.05) is 13.1 Å². The Kier molecular flexibility index (Phi) is 6.35. The van der Waals surface area contributed by atoms with E-state index in [0.717, 1.165) is 24.9 Å². The van der Waals surface area contributed by atoms with Gasteiger partial charge in [-0.2, -0.15) is 0 Å². The van der Waals surface area contributed by atoms with Gasteiger partial charge in [-0.15, -0.1) is 5.10 Å². The van der Waals surface area contributed by atoms with Gasteiger partial charge in [-0.25, -0.2) is 9.48 Å². The molecule has 1 aromatic heterocycles. The monoisotopic (exact) mass is 419 g/mol. The molecule has 1 fully saturated rings. The normalized spacial score (nSPS) is 15.5. The fourth-order valence-corrected chi connectivity index (χ4v) is 3.87. The van der Waals surface area contributed by atoms with Crippen LogP contribution in [0.3, 0.4) is 0 Å². The van der Waals surface area contributed by atoms with Gasteiger partial charge in [0.15, 0.2) is 6.10 Å². The van der Waals surface area contributed by atoms with Gasteiger partial charge in [-0.1, -0.05) is 30.3 Å². The first-order chi connectivity index (χ1) is 15.1. The third kappa shape index (κ3) is 5.14. The van der Waals surface area contributed by atoms with Gasteiger partial charge in [0.2, 0.25) is 0 Å². The van der Waals surface area contributed by atoms with Crippen molar-refractivity contribution in [1.82, 2.24) is 25.1 Å². The van der Waals surface area contributed by atoms with Crippen molar-refractivity contribution in [2.45, 2.75) is 32.3 Å². The van der Waals surface area contributed by atoms with Gasteiger partial charge >= 0.3 is 5.97 Å². The highest BCUT2D eigenvalue weighted by Gasteiger charge is 2.28. The second-order valence-corrected chi connectivity index (χ2v) is 7.81. The second kappa shape index (κ2) is 9.51. The largest absolute Gasteiger partial charge is 0.449 e. The summed E-state index contributed by atoms with van der Waals surface area (Å²) < 4.78 is 6.92. The zero-order valence-corrected chi connectivity index (χ0v) is 17.4. The summed E-state index contributed by atoms with van der Waals surface area (Å²) in [5.41, 5.74) is 2.43. The number of benzene rings is 2. The van der Waals surface area contributed by atoms with Crippen LogP contribution in [0.25, 0.3) is 5.69 Å². The number of tetrazole rings is 1. The first-order valence-corrected chi connectivity index (χ1v) is 10.5. The molecule has 0 unspecified atom stereocenters. The number of carbonyl (C=O) groups excluding carboxylic acids is 2. The molecule has 1 atom stereocenters. The fourth-order valence-electron chi connectivity index (χ4n) is 3.87. The van der Waals surface area contributed by atoms with Crippen LogP contribution in [0.5, 0.6) is 0 Å². The van der Waals surface area contributed by atoms with E-state index in [0.29, 0.717) is 24.6 Å². The zero-order chi connectivity index (χ0) is 21.6. The predicted molar refractivity (Wildman–Crippen MR) is 113 cm³/mol. The lowest BCUT2D eigenvalue weighted by atomic mass is 9.90. The Bertz CT molecular complexity index is 997. The molecule has 1 aliphatic heterocycles. The van der Waals surface area contributed by atoms with Crippen LogP contribution in [-0.4, -0.2) is 56.2 Å². The number of rotatable bonds is 6. The van der Waals surface area contributed by atoms with Crippen LogP contribution in [0.1, 0.15) is 35.7 Å². The zero-order valence-electron chi connectivity index (χ0n) is 17.4. The minimum absolute atomic E-state index is 0.142. The summed E-state index contributed by atoms with van der Waals surface area (Å²) in [5, 5.41) is 11.0. The molecule has 1 saturated heterocycles. The minimum atomic E-state index is -0.822. The number of piperidine rings is 1. The van der Waals surface area contributed by atoms with Gasteiger partial charge in [0.1, 0.15) is 6.33 Å². The molecule has 1 aliphatic rings. The smallest absolute Gasteiger partial charge is 0.338 e. The van der Waals surface area contributed by atoms with E-state index in [-0.39, 0.29) is 5.91 Å². The van der Waals surface area contributed by atoms with Gasteiger partial charge in [-0.05, 0) is 72.4 Å². The molecule has 2 aromatic carbocycles. The van der Waals surface area contributed by atoms with E-state index >= 15 is 0 Å². The number of likely N-dealkylation sites (tertiary alicyclic amines) is 1. The van der Waals surface area contributed by atoms with Crippen molar-refractivity contribution < 1.29 is 14.3 Å². The summed E-state index contributed by atoms with van der Waals surface area (Å²) >= 11 is 0. The number of hydrogen-bond acceptors (Lipinski definition) is 6. The highest BCUT2D eigenvalue weighted by Crippen LogP contribution is 2.22. The maximum atomic E-state index is 12.8. The third-order valence-corrected chi connectivity index (χ3v) is 5.64. The lowest BCUT2D eigenvalue weighted by Gasteiger charge is -2.33. The topological polar surface area (TPSA) is 90.2 Å². The number of amides is 1. The fraction of sp³-hybridized carbons (Fsp3) is 0.348. The van der Waals surface area contributed by atoms with E-state index in [1.165, 1.54) is 16.6 Å². The van der Waals surface area contributed by atoms with E-state index < -0.39 is 12.1 Å². The molecule has 0 N–H and O–H groups in total. The van der Waals surface area contributed by atoms with Crippen LogP contribution in [-0.2, 0) is 16.0 Å². The Hall–Kier alpha value is -3.55. The van der Waals surface area contributed by atoms with Crippen molar-refractivity contribution in [3.8, 4) is 5.69 Å². The number of ether oxygens (including phenoxy) is 1. The summed E-state index contributed by atoms with van der Waals surface area (Å²) in [5.74, 6) is -0.0945. The standard InChI is InChI=1S/C23H25N5O3/c1-17(31-23(30)20-7-9-21(10-8-20)28-16-24-25-26-28)22(29)27-13-11-19(12-14-27)15-18-5-3-2-4-6-18/h2-10,16-17,19H,11-15H2,1H3/t17-/m0/s1. The van der Waals surface area contributed by atoms with E-state index in [9.17, 15) is 9.59 Å². The maximum Gasteiger partial charge on any atom is 0.338 e. The molecule has 8 nitrogen and oxygen atoms in total. The highest BCUT2D eigenvalue weighted by atomic mass is 16.5. The Balaban J connectivity index is 1.27. The number of esters is 1. The van der Waals surface area contributed by atoms with Crippen molar-refractivity contribution >= 4 is 11.9 Å². The van der Waals surface area contributed by atoms with Gasteiger partial charge in [0.25, 0.3) is 5.91 Å². The summed E-state index contributed by atoms with van der Waals surface area (Å²) in [4.78, 5) is 27.0. The summed E-state index contributed by atoms with van der Waals surface area (Å²) in [6.45, 7) is 3.02. The van der Waals surface area contributed by atoms with Crippen LogP contribution >= 0.6 is 0 Å². The molecule has 4 rings (SSSR count). The Morgan fingerprint density at radius 3 is 2.42 bits per heavy atom. The van der Waals surface area contributed by atoms with Crippen LogP contribution in [0.4, 0.5) is 0 Å². The molecule has 0 radical (unpaired) electrons. The van der Waals surface area contributed by atoms with Crippen LogP contribution in [0, 0.1) is 5.92 Å². The molecule has 31 heavy (non-hydrogen) atoms. The molecule has 160 valence electrons. The van der Waals surface area contributed by atoms with Crippen molar-refractivity contribution in [1.29, 1.82) is 0 Å². The average molecular weight is 419 g/mol. The SMILES string of the molecule is C[C@H](OC(=O)c1ccc(-n2cnnn2)cc1)C(=O)N1CCC(Cc2ccccc2)CC1. The first-order valence-electron chi connectivity index (χ1n) is 10.5. The molecule has 3 aromatic rings. The molecular formula is C23H25N5O3. The molecule has 1 amide bonds. The highest BCUT2D eigenvalue weighted by molar-refractivity contribution is 5.92. The quantitative estimate of drug-likeness (QED) is 0.571. The summed E-state index contributed by atoms with van der Waals surface area (Å²) in [7, 11) is 0. The lowest BCUT2D eigenvalue weighted by Crippen LogP contribution is -2.44. The van der Waals surface area contributed by atoms with E-state index in [1.54, 1.807) is 36.1 Å². The molecule has 0 bridgehead atoms. The lowest BCUT2D eigenvalue weighted by molar-refractivity contribution is -0.141. The molecule has 8 heteroatoms. The van der Waals surface area contributed by atoms with E-state index in [4.69, 9.17) is 4.74 Å². The number of aromatic nitrogens is 4. The minimum Gasteiger partial charge on any atom is -0.449 e. The molecule has 2 heterocycles. The van der Waals surface area contributed by atoms with Crippen molar-refractivity contribution in [2.75, 3.05) is 13.1 Å². The second-order valence-electron chi connectivity index (χ2n) is 7.81. The summed E-state index contributed by atoms with van der Waals surface area (Å²) in [6.07, 6.45) is 3.60. The van der Waals surface area contributed by atoms with Gasteiger partial charge in [0.05, 0.1) is 11.3 Å². The molecular weight excluding hydrogens is 394 g/mol. The van der Waals surface area contributed by atoms with E-state index in [1.807, 2.05) is 6.07 Å². The first kappa shape index (κ1) is 20.7. The molecule has 0 saturated carbocycles. The van der Waals surface area contributed by atoms with Crippen molar-refractivity contribution in [3.63, 3.8) is 0 Å². The van der Waals surface area contributed by atoms with E-state index in [2.05, 4.69) is 39.8 Å². The molecule has 0 spiro atoms. The maximum absolute atomic E-state index is 12.8. The Morgan fingerprint density at radius 2 is 1.77 bits per heavy atom. The van der Waals surface area contributed by atoms with Crippen LogP contribution in [0.2, 0.25) is 0 Å². The van der Waals surface area contributed by atoms with Gasteiger partial charge < -0.3 is 9.64 Å². The summed E-state index contributed by atoms with van der Waals surface area (Å²) in [6, 6.07) is 17.1. The van der Waals surface area contributed by atoms with Crippen LogP contribution < -0.4 is 0 Å². The average Bonchev–Trinajstić information content (AvgIpc) is 3.35. The van der Waals surface area contributed by atoms with Crippen LogP contribution in [0.15, 0.2) is 60.9 Å².